The maximum Gasteiger partial charge on any atom is 0.0695 e. The molecule has 108 valence electrons. The number of nitrogens with zero attached hydrogens (tertiary/aromatic N) is 2. The number of hydrogen-bond acceptors (Lipinski definition) is 3. The monoisotopic (exact) mass is 273 g/mol. The predicted molar refractivity (Wildman–Crippen MR) is 81.7 cm³/mol. The molecule has 4 nitrogen and oxygen atoms in total. The van der Waals surface area contributed by atoms with Gasteiger partial charge in [-0.05, 0) is 38.1 Å². The minimum Gasteiger partial charge on any atom is -0.383 e. The van der Waals surface area contributed by atoms with E-state index >= 15 is 0 Å². The first-order valence-electron chi connectivity index (χ1n) is 6.89. The Bertz CT molecular complexity index is 563. The third-order valence-electron chi connectivity index (χ3n) is 3.63. The van der Waals surface area contributed by atoms with E-state index in [1.54, 1.807) is 7.11 Å². The van der Waals surface area contributed by atoms with Crippen LogP contribution in [0.5, 0.6) is 0 Å². The van der Waals surface area contributed by atoms with Gasteiger partial charge in [0.15, 0.2) is 0 Å². The van der Waals surface area contributed by atoms with E-state index in [1.807, 2.05) is 6.20 Å². The third-order valence-corrected chi connectivity index (χ3v) is 3.63. The lowest BCUT2D eigenvalue weighted by atomic mass is 10.0. The number of H-pyrrole nitrogens is 1. The third kappa shape index (κ3) is 3.46. The van der Waals surface area contributed by atoms with Gasteiger partial charge in [-0.3, -0.25) is 10.00 Å². The van der Waals surface area contributed by atoms with E-state index in [4.69, 9.17) is 4.74 Å². The molecule has 0 bridgehead atoms. The summed E-state index contributed by atoms with van der Waals surface area (Å²) in [5.74, 6) is 0. The molecule has 1 aromatic carbocycles. The van der Waals surface area contributed by atoms with E-state index in [2.05, 4.69) is 54.2 Å². The van der Waals surface area contributed by atoms with Crippen LogP contribution in [0.4, 0.5) is 0 Å². The second kappa shape index (κ2) is 6.68. The largest absolute Gasteiger partial charge is 0.383 e. The van der Waals surface area contributed by atoms with Gasteiger partial charge in [0.2, 0.25) is 0 Å². The fourth-order valence-corrected chi connectivity index (χ4v) is 2.19. The van der Waals surface area contributed by atoms with Gasteiger partial charge < -0.3 is 4.74 Å². The van der Waals surface area contributed by atoms with E-state index in [-0.39, 0.29) is 0 Å². The molecule has 0 aliphatic heterocycles. The van der Waals surface area contributed by atoms with Crippen molar-refractivity contribution in [2.45, 2.75) is 20.4 Å². The molecule has 0 saturated carbocycles. The van der Waals surface area contributed by atoms with E-state index in [0.717, 1.165) is 25.4 Å². The number of benzene rings is 1. The van der Waals surface area contributed by atoms with Crippen molar-refractivity contribution in [3.63, 3.8) is 0 Å². The number of methoxy groups -OCH3 is 1. The molecule has 2 rings (SSSR count). The van der Waals surface area contributed by atoms with Gasteiger partial charge in [-0.15, -0.1) is 0 Å². The second-order valence-electron chi connectivity index (χ2n) is 5.30. The number of aromatic amines is 1. The summed E-state index contributed by atoms with van der Waals surface area (Å²) in [6.07, 6.45) is 1.91. The van der Waals surface area contributed by atoms with Crippen LogP contribution in [0.25, 0.3) is 11.3 Å². The van der Waals surface area contributed by atoms with Crippen LogP contribution < -0.4 is 0 Å². The summed E-state index contributed by atoms with van der Waals surface area (Å²) in [5.41, 5.74) is 6.13. The van der Waals surface area contributed by atoms with E-state index in [0.29, 0.717) is 0 Å². The lowest BCUT2D eigenvalue weighted by molar-refractivity contribution is 0.158. The molecular formula is C16H23N3O. The van der Waals surface area contributed by atoms with Gasteiger partial charge in [0.25, 0.3) is 0 Å². The highest BCUT2D eigenvalue weighted by atomic mass is 16.5. The zero-order chi connectivity index (χ0) is 14.5. The van der Waals surface area contributed by atoms with Crippen LogP contribution in [0.1, 0.15) is 16.7 Å². The highest BCUT2D eigenvalue weighted by Crippen LogP contribution is 2.24. The molecule has 4 heteroatoms. The fraction of sp³-hybridized carbons (Fsp3) is 0.438. The van der Waals surface area contributed by atoms with Gasteiger partial charge in [-0.2, -0.15) is 5.10 Å². The quantitative estimate of drug-likeness (QED) is 0.880. The summed E-state index contributed by atoms with van der Waals surface area (Å²) in [6.45, 7) is 6.79. The molecular weight excluding hydrogens is 250 g/mol. The molecule has 0 atom stereocenters. The number of nitrogens with one attached hydrogen (secondary N) is 1. The van der Waals surface area contributed by atoms with Gasteiger partial charge in [0.1, 0.15) is 0 Å². The average Bonchev–Trinajstić information content (AvgIpc) is 2.87. The number of hydrogen-bond donors (Lipinski definition) is 1. The molecule has 1 N–H and O–H groups in total. The Morgan fingerprint density at radius 2 is 2.05 bits per heavy atom. The summed E-state index contributed by atoms with van der Waals surface area (Å²) >= 11 is 0. The van der Waals surface area contributed by atoms with Crippen LogP contribution in [-0.2, 0) is 11.3 Å². The molecule has 2 aromatic rings. The van der Waals surface area contributed by atoms with E-state index < -0.39 is 0 Å². The molecule has 0 unspecified atom stereocenters. The summed E-state index contributed by atoms with van der Waals surface area (Å²) in [5, 5.41) is 7.32. The number of likely N-dealkylation sites (N-methyl/N-ethyl adjacent to an activating group) is 1. The van der Waals surface area contributed by atoms with Crippen LogP contribution in [-0.4, -0.2) is 42.4 Å². The first kappa shape index (κ1) is 14.8. The molecule has 1 heterocycles. The Morgan fingerprint density at radius 3 is 2.75 bits per heavy atom. The minimum atomic E-state index is 0.743. The average molecular weight is 273 g/mol. The summed E-state index contributed by atoms with van der Waals surface area (Å²) in [4.78, 5) is 2.24. The lowest BCUT2D eigenvalue weighted by Gasteiger charge is -2.16. The van der Waals surface area contributed by atoms with Crippen molar-refractivity contribution >= 4 is 0 Å². The van der Waals surface area contributed by atoms with Gasteiger partial charge in [0, 0.05) is 31.3 Å². The maximum absolute atomic E-state index is 5.11. The molecule has 1 aromatic heterocycles. The van der Waals surface area contributed by atoms with Crippen molar-refractivity contribution in [2.24, 2.45) is 0 Å². The van der Waals surface area contributed by atoms with Crippen LogP contribution in [0, 0.1) is 13.8 Å². The van der Waals surface area contributed by atoms with Crippen LogP contribution in [0.2, 0.25) is 0 Å². The number of aromatic nitrogens is 2. The molecule has 0 fully saturated rings. The summed E-state index contributed by atoms with van der Waals surface area (Å²) in [7, 11) is 3.82. The maximum atomic E-state index is 5.11. The van der Waals surface area contributed by atoms with Crippen LogP contribution in [0.3, 0.4) is 0 Å². The van der Waals surface area contributed by atoms with Gasteiger partial charge in [-0.25, -0.2) is 0 Å². The minimum absolute atomic E-state index is 0.743. The van der Waals surface area contributed by atoms with E-state index in [1.165, 1.54) is 22.3 Å². The van der Waals surface area contributed by atoms with Crippen molar-refractivity contribution < 1.29 is 4.74 Å². The normalized spacial score (nSPS) is 11.2. The zero-order valence-corrected chi connectivity index (χ0v) is 12.7. The molecule has 0 saturated heterocycles. The molecule has 0 aliphatic rings. The smallest absolute Gasteiger partial charge is 0.0695 e. The van der Waals surface area contributed by atoms with Crippen LogP contribution >= 0.6 is 0 Å². The van der Waals surface area contributed by atoms with Gasteiger partial charge >= 0.3 is 0 Å². The second-order valence-corrected chi connectivity index (χ2v) is 5.30. The SMILES string of the molecule is COCCN(C)Cc1cn[nH]c1-c1ccc(C)c(C)c1. The highest BCUT2D eigenvalue weighted by molar-refractivity contribution is 5.64. The highest BCUT2D eigenvalue weighted by Gasteiger charge is 2.10. The van der Waals surface area contributed by atoms with Crippen molar-refractivity contribution in [3.8, 4) is 11.3 Å². The van der Waals surface area contributed by atoms with Crippen molar-refractivity contribution in [2.75, 3.05) is 27.3 Å². The topological polar surface area (TPSA) is 41.1 Å². The lowest BCUT2D eigenvalue weighted by Crippen LogP contribution is -2.22. The summed E-state index contributed by atoms with van der Waals surface area (Å²) in [6, 6.07) is 6.51. The van der Waals surface area contributed by atoms with Gasteiger partial charge in [0.05, 0.1) is 18.5 Å². The Balaban J connectivity index is 2.17. The molecule has 0 amide bonds. The van der Waals surface area contributed by atoms with Crippen molar-refractivity contribution in [3.05, 3.63) is 41.1 Å². The zero-order valence-electron chi connectivity index (χ0n) is 12.7. The standard InChI is InChI=1S/C16H23N3O/c1-12-5-6-14(9-13(12)2)16-15(10-17-18-16)11-19(3)7-8-20-4/h5-6,9-10H,7-8,11H2,1-4H3,(H,17,18). The molecule has 0 aliphatic carbocycles. The first-order chi connectivity index (χ1) is 9.61. The molecule has 0 spiro atoms. The Morgan fingerprint density at radius 1 is 1.25 bits per heavy atom. The number of rotatable bonds is 6. The Labute approximate surface area is 120 Å². The Hall–Kier alpha value is -1.65. The number of ether oxygens (including phenoxy) is 1. The Kier molecular flexibility index (Phi) is 4.93. The van der Waals surface area contributed by atoms with Crippen LogP contribution in [0.15, 0.2) is 24.4 Å². The number of aryl methyl sites for hydroxylation is 2. The van der Waals surface area contributed by atoms with Crippen molar-refractivity contribution in [1.29, 1.82) is 0 Å². The molecule has 20 heavy (non-hydrogen) atoms. The summed E-state index contributed by atoms with van der Waals surface area (Å²) < 4.78 is 5.11. The fourth-order valence-electron chi connectivity index (χ4n) is 2.19. The molecule has 0 radical (unpaired) electrons. The van der Waals surface area contributed by atoms with Gasteiger partial charge in [-0.1, -0.05) is 12.1 Å². The van der Waals surface area contributed by atoms with E-state index in [9.17, 15) is 0 Å². The first-order valence-corrected chi connectivity index (χ1v) is 6.89. The van der Waals surface area contributed by atoms with Crippen molar-refractivity contribution in [1.82, 2.24) is 15.1 Å². The predicted octanol–water partition coefficient (Wildman–Crippen LogP) is 2.77.